The van der Waals surface area contributed by atoms with E-state index >= 15 is 0 Å². The number of allylic oxidation sites excluding steroid dienone is 1. The lowest BCUT2D eigenvalue weighted by Gasteiger charge is -2.40. The quantitative estimate of drug-likeness (QED) is 0.0264. The first-order chi connectivity index (χ1) is 25.3. The molecule has 0 aromatic heterocycles. The number of hydrogen-bond donors (Lipinski definition) is 7. The van der Waals surface area contributed by atoms with Gasteiger partial charge < -0.3 is 45.4 Å². The van der Waals surface area contributed by atoms with Crippen molar-refractivity contribution in [2.75, 3.05) is 13.2 Å². The maximum atomic E-state index is 13.0. The third-order valence-electron chi connectivity index (χ3n) is 10.5. The predicted molar refractivity (Wildman–Crippen MR) is 209 cm³/mol. The summed E-state index contributed by atoms with van der Waals surface area (Å²) in [5.41, 5.74) is 0. The number of hydrogen-bond acceptors (Lipinski definition) is 9. The first-order valence-corrected chi connectivity index (χ1v) is 21.5. The zero-order valence-corrected chi connectivity index (χ0v) is 33.2. The molecule has 0 bridgehead atoms. The van der Waals surface area contributed by atoms with Gasteiger partial charge in [-0.1, -0.05) is 180 Å². The van der Waals surface area contributed by atoms with Crippen molar-refractivity contribution in [3.63, 3.8) is 0 Å². The number of nitrogens with one attached hydrogen (secondary N) is 1. The highest BCUT2D eigenvalue weighted by Gasteiger charge is 2.44. The first-order valence-electron chi connectivity index (χ1n) is 21.5. The lowest BCUT2D eigenvalue weighted by atomic mass is 9.99. The van der Waals surface area contributed by atoms with Crippen LogP contribution in [0.2, 0.25) is 0 Å². The van der Waals surface area contributed by atoms with E-state index in [-0.39, 0.29) is 6.61 Å². The average Bonchev–Trinajstić information content (AvgIpc) is 3.14. The minimum Gasteiger partial charge on any atom is -0.394 e. The second-order valence-electron chi connectivity index (χ2n) is 15.3. The summed E-state index contributed by atoms with van der Waals surface area (Å²) >= 11 is 0. The van der Waals surface area contributed by atoms with Gasteiger partial charge in [0.25, 0.3) is 0 Å². The molecule has 10 heteroatoms. The Balaban J connectivity index is 2.46. The van der Waals surface area contributed by atoms with E-state index in [1.807, 2.05) is 6.08 Å². The van der Waals surface area contributed by atoms with Gasteiger partial charge in [0.15, 0.2) is 6.29 Å². The molecule has 7 N–H and O–H groups in total. The number of ether oxygens (including phenoxy) is 2. The molecule has 0 radical (unpaired) electrons. The Labute approximate surface area is 317 Å². The minimum atomic E-state index is -1.61. The van der Waals surface area contributed by atoms with Crippen LogP contribution < -0.4 is 5.32 Å². The summed E-state index contributed by atoms with van der Waals surface area (Å²) in [5, 5.41) is 64.5. The van der Waals surface area contributed by atoms with Crippen molar-refractivity contribution in [1.29, 1.82) is 0 Å². The first kappa shape index (κ1) is 48.9. The summed E-state index contributed by atoms with van der Waals surface area (Å²) in [7, 11) is 0. The average molecular weight is 744 g/mol. The van der Waals surface area contributed by atoms with E-state index in [1.165, 1.54) is 122 Å². The fourth-order valence-corrected chi connectivity index (χ4v) is 6.87. The van der Waals surface area contributed by atoms with Gasteiger partial charge in [0.05, 0.1) is 25.4 Å². The lowest BCUT2D eigenvalue weighted by Crippen LogP contribution is -2.60. The normalized spacial score (nSPS) is 22.5. The van der Waals surface area contributed by atoms with Crippen LogP contribution in [0.25, 0.3) is 0 Å². The van der Waals surface area contributed by atoms with E-state index in [1.54, 1.807) is 6.08 Å². The van der Waals surface area contributed by atoms with Gasteiger partial charge in [0.2, 0.25) is 5.91 Å². The molecule has 0 saturated carbocycles. The molecule has 1 fully saturated rings. The van der Waals surface area contributed by atoms with E-state index in [4.69, 9.17) is 9.47 Å². The topological polar surface area (TPSA) is 169 Å². The van der Waals surface area contributed by atoms with Crippen LogP contribution in [0.1, 0.15) is 187 Å². The van der Waals surface area contributed by atoms with E-state index in [0.29, 0.717) is 6.42 Å². The number of aliphatic hydroxyl groups excluding tert-OH is 6. The van der Waals surface area contributed by atoms with Crippen LogP contribution in [-0.4, -0.2) is 98.7 Å². The van der Waals surface area contributed by atoms with E-state index in [9.17, 15) is 35.4 Å². The fourth-order valence-electron chi connectivity index (χ4n) is 6.87. The van der Waals surface area contributed by atoms with Gasteiger partial charge in [-0.2, -0.15) is 0 Å². The highest BCUT2D eigenvalue weighted by atomic mass is 16.7. The van der Waals surface area contributed by atoms with Gasteiger partial charge in [-0.3, -0.25) is 4.79 Å². The second-order valence-corrected chi connectivity index (χ2v) is 15.3. The molecule has 0 aliphatic carbocycles. The Morgan fingerprint density at radius 2 is 1.10 bits per heavy atom. The Hall–Kier alpha value is -1.11. The Kier molecular flexibility index (Phi) is 31.3. The third-order valence-corrected chi connectivity index (χ3v) is 10.5. The van der Waals surface area contributed by atoms with Crippen molar-refractivity contribution >= 4 is 5.91 Å². The monoisotopic (exact) mass is 744 g/mol. The zero-order chi connectivity index (χ0) is 38.2. The third kappa shape index (κ3) is 23.6. The number of carbonyl (C=O) groups excluding carboxylic acids is 1. The van der Waals surface area contributed by atoms with Crippen LogP contribution >= 0.6 is 0 Å². The fraction of sp³-hybridized carbons (Fsp3) is 0.929. The predicted octanol–water partition coefficient (Wildman–Crippen LogP) is 7.14. The molecule has 1 saturated heterocycles. The molecule has 0 spiro atoms. The number of amides is 1. The van der Waals surface area contributed by atoms with E-state index < -0.39 is 61.5 Å². The standard InChI is InChI=1S/C42H81NO9/c1-3-5-7-9-11-13-15-17-19-21-23-25-27-29-31-36(46)41(50)43-34(33-51-42-40(49)39(48)38(47)37(32-44)52-42)35(45)30-28-26-24-22-20-18-16-14-12-10-8-6-4-2/h28,30,34-40,42,44-49H,3-27,29,31-33H2,1-2H3,(H,43,50)/b30-28+. The van der Waals surface area contributed by atoms with Crippen LogP contribution in [0.4, 0.5) is 0 Å². The molecule has 308 valence electrons. The molecule has 1 aliphatic rings. The van der Waals surface area contributed by atoms with Crippen LogP contribution in [0, 0.1) is 0 Å². The Morgan fingerprint density at radius 1 is 0.654 bits per heavy atom. The molecule has 1 rings (SSSR count). The van der Waals surface area contributed by atoms with Gasteiger partial charge >= 0.3 is 0 Å². The number of aliphatic hydroxyl groups is 6. The van der Waals surface area contributed by atoms with Crippen LogP contribution in [0.5, 0.6) is 0 Å². The van der Waals surface area contributed by atoms with Crippen molar-refractivity contribution in [3.8, 4) is 0 Å². The van der Waals surface area contributed by atoms with Gasteiger partial charge in [-0.25, -0.2) is 0 Å². The molecule has 0 aromatic carbocycles. The highest BCUT2D eigenvalue weighted by Crippen LogP contribution is 2.23. The van der Waals surface area contributed by atoms with Gasteiger partial charge in [0.1, 0.15) is 30.5 Å². The molecule has 1 aliphatic heterocycles. The second kappa shape index (κ2) is 33.2. The molecule has 0 aromatic rings. The lowest BCUT2D eigenvalue weighted by molar-refractivity contribution is -0.302. The maximum absolute atomic E-state index is 13.0. The summed E-state index contributed by atoms with van der Waals surface area (Å²) in [5.74, 6) is -0.616. The number of rotatable bonds is 35. The Bertz CT molecular complexity index is 844. The molecule has 1 heterocycles. The van der Waals surface area contributed by atoms with Crippen molar-refractivity contribution in [2.45, 2.75) is 236 Å². The summed E-state index contributed by atoms with van der Waals surface area (Å²) in [6.45, 7) is 3.59. The molecule has 8 unspecified atom stereocenters. The number of carbonyl (C=O) groups is 1. The van der Waals surface area contributed by atoms with Crippen molar-refractivity contribution in [2.24, 2.45) is 0 Å². The summed E-state index contributed by atoms with van der Waals surface area (Å²) in [6, 6.07) is -0.973. The summed E-state index contributed by atoms with van der Waals surface area (Å²) in [6.07, 6.45) is 25.8. The van der Waals surface area contributed by atoms with E-state index in [0.717, 1.165) is 44.9 Å². The molecule has 52 heavy (non-hydrogen) atoms. The van der Waals surface area contributed by atoms with Crippen molar-refractivity contribution < 1.29 is 44.9 Å². The smallest absolute Gasteiger partial charge is 0.249 e. The van der Waals surface area contributed by atoms with Crippen LogP contribution in [-0.2, 0) is 14.3 Å². The highest BCUT2D eigenvalue weighted by molar-refractivity contribution is 5.80. The molecule has 10 nitrogen and oxygen atoms in total. The van der Waals surface area contributed by atoms with Gasteiger partial charge in [-0.05, 0) is 19.3 Å². The van der Waals surface area contributed by atoms with E-state index in [2.05, 4.69) is 19.2 Å². The Morgan fingerprint density at radius 3 is 1.56 bits per heavy atom. The minimum absolute atomic E-state index is 0.302. The maximum Gasteiger partial charge on any atom is 0.249 e. The largest absolute Gasteiger partial charge is 0.394 e. The van der Waals surface area contributed by atoms with Crippen LogP contribution in [0.3, 0.4) is 0 Å². The van der Waals surface area contributed by atoms with Gasteiger partial charge in [-0.15, -0.1) is 0 Å². The molecule has 8 atom stereocenters. The summed E-state index contributed by atoms with van der Waals surface area (Å²) < 4.78 is 11.1. The summed E-state index contributed by atoms with van der Waals surface area (Å²) in [4.78, 5) is 13.0. The SMILES string of the molecule is CCCCCCCCCCCCC/C=C/C(O)C(COC1OC(CO)C(O)C(O)C1O)NC(=O)C(O)CCCCCCCCCCCCCCCC. The molecular formula is C42H81NO9. The van der Waals surface area contributed by atoms with Crippen molar-refractivity contribution in [1.82, 2.24) is 5.32 Å². The van der Waals surface area contributed by atoms with Crippen LogP contribution in [0.15, 0.2) is 12.2 Å². The molecule has 1 amide bonds. The zero-order valence-electron chi connectivity index (χ0n) is 33.2. The number of unbranched alkanes of at least 4 members (excludes halogenated alkanes) is 24. The van der Waals surface area contributed by atoms with Gasteiger partial charge in [0, 0.05) is 0 Å². The molecular weight excluding hydrogens is 662 g/mol. The van der Waals surface area contributed by atoms with Crippen molar-refractivity contribution in [3.05, 3.63) is 12.2 Å².